The Labute approximate surface area is 210 Å². The SMILES string of the molecule is COc1cc(C)c(CN2CCN(C(=O)CSc3nnnn3-c3cccc(C)c3C)CC2)cc1OC. The number of piperazine rings is 1. The Hall–Kier alpha value is -3.11. The summed E-state index contributed by atoms with van der Waals surface area (Å²) in [4.78, 5) is 17.2. The van der Waals surface area contributed by atoms with E-state index in [2.05, 4.69) is 47.3 Å². The van der Waals surface area contributed by atoms with Gasteiger partial charge < -0.3 is 14.4 Å². The molecule has 35 heavy (non-hydrogen) atoms. The lowest BCUT2D eigenvalue weighted by Crippen LogP contribution is -2.48. The lowest BCUT2D eigenvalue weighted by atomic mass is 10.1. The summed E-state index contributed by atoms with van der Waals surface area (Å²) in [6.07, 6.45) is 0. The second kappa shape index (κ2) is 11.1. The highest BCUT2D eigenvalue weighted by atomic mass is 32.2. The van der Waals surface area contributed by atoms with Crippen molar-refractivity contribution in [3.05, 3.63) is 52.6 Å². The fourth-order valence-electron chi connectivity index (χ4n) is 4.19. The van der Waals surface area contributed by atoms with Crippen LogP contribution in [-0.2, 0) is 11.3 Å². The summed E-state index contributed by atoms with van der Waals surface area (Å²) >= 11 is 1.37. The minimum atomic E-state index is 0.104. The van der Waals surface area contributed by atoms with Crippen molar-refractivity contribution in [3.63, 3.8) is 0 Å². The lowest BCUT2D eigenvalue weighted by molar-refractivity contribution is -0.130. The predicted octanol–water partition coefficient (Wildman–Crippen LogP) is 3.04. The van der Waals surface area contributed by atoms with Crippen molar-refractivity contribution in [2.75, 3.05) is 46.2 Å². The maximum Gasteiger partial charge on any atom is 0.233 e. The van der Waals surface area contributed by atoms with Gasteiger partial charge in [-0.1, -0.05) is 23.9 Å². The summed E-state index contributed by atoms with van der Waals surface area (Å²) in [5, 5.41) is 12.7. The number of carbonyl (C=O) groups excluding carboxylic acids is 1. The number of nitrogens with zero attached hydrogens (tertiary/aromatic N) is 6. The van der Waals surface area contributed by atoms with Crippen molar-refractivity contribution in [2.45, 2.75) is 32.5 Å². The molecule has 0 spiro atoms. The summed E-state index contributed by atoms with van der Waals surface area (Å²) in [6.45, 7) is 10.1. The van der Waals surface area contributed by atoms with Crippen LogP contribution in [0.5, 0.6) is 11.5 Å². The molecule has 0 N–H and O–H groups in total. The van der Waals surface area contributed by atoms with Gasteiger partial charge in [0.05, 0.1) is 25.7 Å². The summed E-state index contributed by atoms with van der Waals surface area (Å²) in [6, 6.07) is 10.1. The minimum Gasteiger partial charge on any atom is -0.493 e. The fourth-order valence-corrected chi connectivity index (χ4v) is 4.98. The highest BCUT2D eigenvalue weighted by Crippen LogP contribution is 2.31. The Morgan fingerprint density at radius 1 is 1.00 bits per heavy atom. The minimum absolute atomic E-state index is 0.104. The topological polar surface area (TPSA) is 85.6 Å². The number of methoxy groups -OCH3 is 2. The number of benzene rings is 2. The van der Waals surface area contributed by atoms with Gasteiger partial charge in [0.15, 0.2) is 11.5 Å². The van der Waals surface area contributed by atoms with E-state index >= 15 is 0 Å². The Morgan fingerprint density at radius 3 is 2.43 bits per heavy atom. The van der Waals surface area contributed by atoms with Crippen LogP contribution in [0.2, 0.25) is 0 Å². The van der Waals surface area contributed by atoms with Gasteiger partial charge in [0.2, 0.25) is 11.1 Å². The first kappa shape index (κ1) is 25.0. The van der Waals surface area contributed by atoms with Crippen LogP contribution >= 0.6 is 11.8 Å². The first-order valence-electron chi connectivity index (χ1n) is 11.6. The molecular weight excluding hydrogens is 464 g/mol. The van der Waals surface area contributed by atoms with Gasteiger partial charge in [-0.15, -0.1) is 5.10 Å². The standard InChI is InChI=1S/C25H32N6O3S/c1-17-7-6-8-21(19(17)3)31-25(26-27-28-31)35-16-24(32)30-11-9-29(10-12-30)15-20-14-23(34-5)22(33-4)13-18(20)2/h6-8,13-14H,9-12,15-16H2,1-5H3. The van der Waals surface area contributed by atoms with E-state index in [1.165, 1.54) is 28.5 Å². The number of ether oxygens (including phenoxy) is 2. The molecule has 1 aliphatic rings. The van der Waals surface area contributed by atoms with Gasteiger partial charge in [0.25, 0.3) is 0 Å². The molecular formula is C25H32N6O3S. The summed E-state index contributed by atoms with van der Waals surface area (Å²) < 4.78 is 12.6. The Kier molecular flexibility index (Phi) is 7.92. The maximum absolute atomic E-state index is 12.9. The largest absolute Gasteiger partial charge is 0.493 e. The number of aromatic nitrogens is 4. The number of thioether (sulfide) groups is 1. The molecule has 1 fully saturated rings. The number of hydrogen-bond acceptors (Lipinski definition) is 8. The second-order valence-corrected chi connectivity index (χ2v) is 9.61. The molecule has 1 aromatic heterocycles. The average molecular weight is 497 g/mol. The van der Waals surface area contributed by atoms with E-state index in [1.54, 1.807) is 18.9 Å². The van der Waals surface area contributed by atoms with Gasteiger partial charge in [0.1, 0.15) is 0 Å². The van der Waals surface area contributed by atoms with Gasteiger partial charge in [0, 0.05) is 32.7 Å². The zero-order valence-electron chi connectivity index (χ0n) is 20.9. The van der Waals surface area contributed by atoms with Crippen molar-refractivity contribution in [2.24, 2.45) is 0 Å². The molecule has 1 saturated heterocycles. The molecule has 3 aromatic rings. The lowest BCUT2D eigenvalue weighted by Gasteiger charge is -2.35. The summed E-state index contributed by atoms with van der Waals surface area (Å²) in [5.41, 5.74) is 5.60. The van der Waals surface area contributed by atoms with E-state index in [1.807, 2.05) is 29.2 Å². The van der Waals surface area contributed by atoms with Crippen LogP contribution in [0, 0.1) is 20.8 Å². The van der Waals surface area contributed by atoms with Crippen molar-refractivity contribution in [3.8, 4) is 17.2 Å². The van der Waals surface area contributed by atoms with Crippen molar-refractivity contribution in [1.82, 2.24) is 30.0 Å². The summed E-state index contributed by atoms with van der Waals surface area (Å²) in [5.74, 6) is 1.89. The third-order valence-corrected chi connectivity index (χ3v) is 7.44. The van der Waals surface area contributed by atoms with Crippen LogP contribution in [0.25, 0.3) is 5.69 Å². The Morgan fingerprint density at radius 2 is 1.71 bits per heavy atom. The van der Waals surface area contributed by atoms with Crippen LogP contribution in [0.4, 0.5) is 0 Å². The van der Waals surface area contributed by atoms with Crippen molar-refractivity contribution >= 4 is 17.7 Å². The van der Waals surface area contributed by atoms with E-state index in [0.29, 0.717) is 24.0 Å². The molecule has 1 amide bonds. The molecule has 2 heterocycles. The van der Waals surface area contributed by atoms with E-state index in [4.69, 9.17) is 9.47 Å². The number of rotatable bonds is 8. The van der Waals surface area contributed by atoms with Gasteiger partial charge >= 0.3 is 0 Å². The molecule has 2 aromatic carbocycles. The smallest absolute Gasteiger partial charge is 0.233 e. The second-order valence-electron chi connectivity index (χ2n) is 8.67. The van der Waals surface area contributed by atoms with Gasteiger partial charge in [-0.3, -0.25) is 9.69 Å². The number of hydrogen-bond donors (Lipinski definition) is 0. The normalized spacial score (nSPS) is 14.3. The first-order chi connectivity index (χ1) is 16.9. The number of tetrazole rings is 1. The van der Waals surface area contributed by atoms with Crippen LogP contribution in [0.1, 0.15) is 22.3 Å². The average Bonchev–Trinajstić information content (AvgIpc) is 3.34. The van der Waals surface area contributed by atoms with Crippen LogP contribution in [0.15, 0.2) is 35.5 Å². The molecule has 186 valence electrons. The molecule has 0 aliphatic carbocycles. The zero-order valence-corrected chi connectivity index (χ0v) is 21.8. The number of carbonyl (C=O) groups is 1. The van der Waals surface area contributed by atoms with E-state index in [-0.39, 0.29) is 5.91 Å². The predicted molar refractivity (Wildman–Crippen MR) is 135 cm³/mol. The van der Waals surface area contributed by atoms with Crippen LogP contribution < -0.4 is 9.47 Å². The van der Waals surface area contributed by atoms with Crippen LogP contribution in [-0.4, -0.2) is 82.1 Å². The van der Waals surface area contributed by atoms with Gasteiger partial charge in [-0.25, -0.2) is 0 Å². The van der Waals surface area contributed by atoms with E-state index in [9.17, 15) is 4.79 Å². The Balaban J connectivity index is 1.32. The van der Waals surface area contributed by atoms with E-state index < -0.39 is 0 Å². The third-order valence-electron chi connectivity index (χ3n) is 6.53. The van der Waals surface area contributed by atoms with Gasteiger partial charge in [-0.2, -0.15) is 4.68 Å². The van der Waals surface area contributed by atoms with Gasteiger partial charge in [-0.05, 0) is 71.7 Å². The molecule has 1 aliphatic heterocycles. The zero-order chi connectivity index (χ0) is 24.9. The monoisotopic (exact) mass is 496 g/mol. The molecule has 0 bridgehead atoms. The van der Waals surface area contributed by atoms with Crippen molar-refractivity contribution in [1.29, 1.82) is 0 Å². The third kappa shape index (κ3) is 5.59. The molecule has 0 atom stereocenters. The maximum atomic E-state index is 12.9. The fraction of sp³-hybridized carbons (Fsp3) is 0.440. The highest BCUT2D eigenvalue weighted by Gasteiger charge is 2.23. The molecule has 0 unspecified atom stereocenters. The van der Waals surface area contributed by atoms with Crippen molar-refractivity contribution < 1.29 is 14.3 Å². The molecule has 0 saturated carbocycles. The molecule has 10 heteroatoms. The molecule has 9 nitrogen and oxygen atoms in total. The van der Waals surface area contributed by atoms with E-state index in [0.717, 1.165) is 42.4 Å². The molecule has 4 rings (SSSR count). The molecule has 0 radical (unpaired) electrons. The quantitative estimate of drug-likeness (QED) is 0.440. The summed E-state index contributed by atoms with van der Waals surface area (Å²) in [7, 11) is 3.30. The Bertz CT molecular complexity index is 1190. The highest BCUT2D eigenvalue weighted by molar-refractivity contribution is 7.99. The number of amides is 1. The van der Waals surface area contributed by atoms with Crippen LogP contribution in [0.3, 0.4) is 0 Å². The number of aryl methyl sites for hydroxylation is 2. The first-order valence-corrected chi connectivity index (χ1v) is 12.6.